The Hall–Kier alpha value is -4.13. The first-order chi connectivity index (χ1) is 18.5. The van der Waals surface area contributed by atoms with E-state index in [1.807, 2.05) is 0 Å². The molecule has 0 saturated heterocycles. The number of unbranched alkanes of at least 4 members (excludes halogenated alkanes) is 1. The van der Waals surface area contributed by atoms with Crippen molar-refractivity contribution in [2.45, 2.75) is 57.4 Å². The first kappa shape index (κ1) is 25.5. The summed E-state index contributed by atoms with van der Waals surface area (Å²) in [6.07, 6.45) is 14.2. The number of hydrogen-bond donors (Lipinski definition) is 2. The van der Waals surface area contributed by atoms with E-state index in [9.17, 15) is 14.0 Å². The van der Waals surface area contributed by atoms with Crippen molar-refractivity contribution >= 4 is 22.9 Å². The lowest BCUT2D eigenvalue weighted by atomic mass is 9.87. The van der Waals surface area contributed by atoms with Crippen LogP contribution in [-0.2, 0) is 11.2 Å². The van der Waals surface area contributed by atoms with Crippen LogP contribution in [0.2, 0.25) is 0 Å². The number of carbonyl (C=O) groups excluding carboxylic acids is 1. The number of aromatic nitrogens is 2. The molecule has 0 unspecified atom stereocenters. The normalized spacial score (nSPS) is 16.8. The summed E-state index contributed by atoms with van der Waals surface area (Å²) in [7, 11) is 0. The van der Waals surface area contributed by atoms with Crippen LogP contribution in [0.5, 0.6) is 0 Å². The maximum Gasteiger partial charge on any atom is 0.303 e. The van der Waals surface area contributed by atoms with E-state index in [0.29, 0.717) is 47.2 Å². The van der Waals surface area contributed by atoms with Crippen molar-refractivity contribution in [3.05, 3.63) is 95.0 Å². The van der Waals surface area contributed by atoms with Gasteiger partial charge >= 0.3 is 5.97 Å². The van der Waals surface area contributed by atoms with Crippen molar-refractivity contribution in [3.8, 4) is 11.3 Å². The fourth-order valence-electron chi connectivity index (χ4n) is 5.11. The van der Waals surface area contributed by atoms with Gasteiger partial charge in [0.1, 0.15) is 5.82 Å². The largest absolute Gasteiger partial charge is 0.481 e. The first-order valence-corrected chi connectivity index (χ1v) is 13.1. The molecule has 194 valence electrons. The minimum Gasteiger partial charge on any atom is -0.481 e. The molecule has 6 nitrogen and oxygen atoms in total. The number of carbonyl (C=O) groups is 2. The predicted octanol–water partition coefficient (Wildman–Crippen LogP) is 6.33. The summed E-state index contributed by atoms with van der Waals surface area (Å²) >= 11 is 0. The molecule has 2 aromatic carbocycles. The predicted molar refractivity (Wildman–Crippen MR) is 145 cm³/mol. The third-order valence-corrected chi connectivity index (χ3v) is 7.05. The van der Waals surface area contributed by atoms with Crippen molar-refractivity contribution in [3.63, 3.8) is 0 Å². The number of rotatable bonds is 8. The van der Waals surface area contributed by atoms with Crippen LogP contribution in [0, 0.1) is 5.82 Å². The van der Waals surface area contributed by atoms with Gasteiger partial charge in [0.25, 0.3) is 5.91 Å². The topological polar surface area (TPSA) is 92.2 Å². The zero-order valence-corrected chi connectivity index (χ0v) is 21.1. The Morgan fingerprint density at radius 3 is 2.63 bits per heavy atom. The highest BCUT2D eigenvalue weighted by atomic mass is 19.1. The Labute approximate surface area is 221 Å². The van der Waals surface area contributed by atoms with Crippen molar-refractivity contribution in [1.29, 1.82) is 0 Å². The number of benzene rings is 2. The van der Waals surface area contributed by atoms with Gasteiger partial charge in [-0.3, -0.25) is 9.59 Å². The SMILES string of the molecule is O=C(O)CCCCc1nc2cc(C(=O)N[C@H]3CCCC4=C3C=CCC=C4)ccc2nc1-c1ccc(F)cc1. The molecule has 1 aromatic heterocycles. The summed E-state index contributed by atoms with van der Waals surface area (Å²) < 4.78 is 13.5. The number of nitrogens with one attached hydrogen (secondary N) is 1. The number of carboxylic acids is 1. The average molecular weight is 512 g/mol. The highest BCUT2D eigenvalue weighted by Crippen LogP contribution is 2.30. The van der Waals surface area contributed by atoms with E-state index in [-0.39, 0.29) is 24.2 Å². The van der Waals surface area contributed by atoms with Crippen molar-refractivity contribution in [1.82, 2.24) is 15.3 Å². The van der Waals surface area contributed by atoms with Gasteiger partial charge in [-0.25, -0.2) is 14.4 Å². The summed E-state index contributed by atoms with van der Waals surface area (Å²) in [5.74, 6) is -1.32. The fraction of sp³-hybridized carbons (Fsp3) is 0.290. The number of aliphatic carboxylic acids is 1. The Morgan fingerprint density at radius 2 is 1.82 bits per heavy atom. The van der Waals surface area contributed by atoms with Crippen LogP contribution in [0.1, 0.15) is 61.0 Å². The van der Waals surface area contributed by atoms with Crippen LogP contribution in [0.25, 0.3) is 22.3 Å². The zero-order valence-electron chi connectivity index (χ0n) is 21.1. The monoisotopic (exact) mass is 511 g/mol. The lowest BCUT2D eigenvalue weighted by molar-refractivity contribution is -0.137. The molecule has 0 bridgehead atoms. The zero-order chi connectivity index (χ0) is 26.5. The Morgan fingerprint density at radius 1 is 1.00 bits per heavy atom. The van der Waals surface area contributed by atoms with Gasteiger partial charge in [-0.2, -0.15) is 0 Å². The van der Waals surface area contributed by atoms with E-state index in [1.165, 1.54) is 23.3 Å². The second-order valence-electron chi connectivity index (χ2n) is 9.77. The van der Waals surface area contributed by atoms with E-state index in [4.69, 9.17) is 15.1 Å². The van der Waals surface area contributed by atoms with Gasteiger partial charge in [-0.1, -0.05) is 24.3 Å². The van der Waals surface area contributed by atoms with Gasteiger partial charge in [0.2, 0.25) is 0 Å². The van der Waals surface area contributed by atoms with E-state index < -0.39 is 5.97 Å². The second-order valence-corrected chi connectivity index (χ2v) is 9.77. The smallest absolute Gasteiger partial charge is 0.303 e. The van der Waals surface area contributed by atoms with Crippen LogP contribution in [0.4, 0.5) is 4.39 Å². The molecule has 1 atom stereocenters. The number of fused-ring (bicyclic) bond motifs is 1. The van der Waals surface area contributed by atoms with Gasteiger partial charge in [0.15, 0.2) is 0 Å². The molecule has 1 amide bonds. The molecule has 5 rings (SSSR count). The van der Waals surface area contributed by atoms with Crippen LogP contribution in [0.3, 0.4) is 0 Å². The van der Waals surface area contributed by atoms with E-state index >= 15 is 0 Å². The van der Waals surface area contributed by atoms with Crippen molar-refractivity contribution in [2.24, 2.45) is 0 Å². The summed E-state index contributed by atoms with van der Waals surface area (Å²) in [6.45, 7) is 0. The third-order valence-electron chi connectivity index (χ3n) is 7.05. The minimum atomic E-state index is -0.833. The molecule has 0 fully saturated rings. The van der Waals surface area contributed by atoms with Crippen LogP contribution in [0.15, 0.2) is 77.9 Å². The van der Waals surface area contributed by atoms with Crippen LogP contribution >= 0.6 is 0 Å². The van der Waals surface area contributed by atoms with E-state index in [0.717, 1.165) is 31.2 Å². The molecule has 0 radical (unpaired) electrons. The molecule has 0 saturated carbocycles. The molecular weight excluding hydrogens is 481 g/mol. The molecule has 38 heavy (non-hydrogen) atoms. The third kappa shape index (κ3) is 5.88. The highest BCUT2D eigenvalue weighted by Gasteiger charge is 2.23. The molecule has 3 aromatic rings. The Bertz CT molecular complexity index is 1460. The number of hydrogen-bond acceptors (Lipinski definition) is 4. The molecule has 2 N–H and O–H groups in total. The second kappa shape index (κ2) is 11.5. The summed E-state index contributed by atoms with van der Waals surface area (Å²) in [5.41, 5.74) is 6.30. The quantitative estimate of drug-likeness (QED) is 0.345. The molecule has 2 aliphatic rings. The number of amides is 1. The average Bonchev–Trinajstić information content (AvgIpc) is 3.17. The number of carboxylic acid groups (broad SMARTS) is 1. The lowest BCUT2D eigenvalue weighted by Crippen LogP contribution is -2.37. The Kier molecular flexibility index (Phi) is 7.73. The van der Waals surface area contributed by atoms with Gasteiger partial charge in [0, 0.05) is 17.5 Å². The van der Waals surface area contributed by atoms with Crippen LogP contribution in [-0.4, -0.2) is 33.0 Å². The maximum atomic E-state index is 13.5. The summed E-state index contributed by atoms with van der Waals surface area (Å²) in [6, 6.07) is 11.4. The highest BCUT2D eigenvalue weighted by molar-refractivity contribution is 5.98. The molecule has 1 heterocycles. The number of aryl methyl sites for hydroxylation is 1. The summed E-state index contributed by atoms with van der Waals surface area (Å²) in [4.78, 5) is 33.9. The molecular formula is C31H30FN3O3. The van der Waals surface area contributed by atoms with Gasteiger partial charge in [-0.15, -0.1) is 0 Å². The number of halogens is 1. The van der Waals surface area contributed by atoms with Gasteiger partial charge < -0.3 is 10.4 Å². The first-order valence-electron chi connectivity index (χ1n) is 13.1. The molecule has 0 spiro atoms. The van der Waals surface area contributed by atoms with Crippen molar-refractivity contribution < 1.29 is 19.1 Å². The van der Waals surface area contributed by atoms with E-state index in [2.05, 4.69) is 29.6 Å². The molecule has 2 aliphatic carbocycles. The Balaban J connectivity index is 1.43. The molecule has 7 heteroatoms. The van der Waals surface area contributed by atoms with Gasteiger partial charge in [0.05, 0.1) is 28.5 Å². The van der Waals surface area contributed by atoms with Crippen LogP contribution < -0.4 is 5.32 Å². The fourth-order valence-corrected chi connectivity index (χ4v) is 5.11. The number of allylic oxidation sites excluding steroid dienone is 4. The van der Waals surface area contributed by atoms with E-state index in [1.54, 1.807) is 30.3 Å². The maximum absolute atomic E-state index is 13.5. The molecule has 0 aliphatic heterocycles. The minimum absolute atomic E-state index is 0.0299. The number of nitrogens with zero attached hydrogens (tertiary/aromatic N) is 2. The summed E-state index contributed by atoms with van der Waals surface area (Å²) in [5, 5.41) is 12.2. The van der Waals surface area contributed by atoms with Gasteiger partial charge in [-0.05, 0) is 98.6 Å². The standard InChI is InChI=1S/C31H30FN3O3/c32-23-16-13-21(14-17-23)30-27(10-4-5-12-29(36)37)33-28-19-22(15-18-26(28)34-30)31(38)35-25-11-6-8-20-7-2-1-3-9-24(20)25/h2-3,7,9,13-19,25H,1,4-6,8,10-12H2,(H,35,38)(H,36,37)/t25-/m0/s1. The lowest BCUT2D eigenvalue weighted by Gasteiger charge is -2.26. The van der Waals surface area contributed by atoms with Crippen molar-refractivity contribution in [2.75, 3.05) is 0 Å².